The summed E-state index contributed by atoms with van der Waals surface area (Å²) in [4.78, 5) is 19.2. The first-order chi connectivity index (χ1) is 18.2. The van der Waals surface area contributed by atoms with Crippen LogP contribution in [0.25, 0.3) is 32.5 Å². The summed E-state index contributed by atoms with van der Waals surface area (Å²) >= 11 is 1.76. The minimum Gasteiger partial charge on any atom is -0.378 e. The lowest BCUT2D eigenvalue weighted by atomic mass is 10.0. The molecule has 1 aromatic carbocycles. The second-order valence-corrected chi connectivity index (χ2v) is 11.2. The number of anilines is 1. The van der Waals surface area contributed by atoms with Crippen LogP contribution in [-0.4, -0.2) is 71.8 Å². The molecular weight excluding hydrogens is 487 g/mol. The molecule has 2 saturated heterocycles. The highest BCUT2D eigenvalue weighted by atomic mass is 32.1. The fourth-order valence-electron chi connectivity index (χ4n) is 5.51. The van der Waals surface area contributed by atoms with Crippen molar-refractivity contribution in [1.82, 2.24) is 25.2 Å². The third-order valence-corrected chi connectivity index (χ3v) is 8.69. The third-order valence-electron chi connectivity index (χ3n) is 7.57. The van der Waals surface area contributed by atoms with E-state index in [0.717, 1.165) is 53.1 Å². The van der Waals surface area contributed by atoms with E-state index in [9.17, 15) is 4.39 Å². The molecule has 3 aromatic heterocycles. The van der Waals surface area contributed by atoms with Crippen molar-refractivity contribution in [2.24, 2.45) is 0 Å². The molecule has 5 heterocycles. The number of thiophene rings is 1. The fraction of sp³-hybridized carbons (Fsp3) is 0.500. The molecule has 1 unspecified atom stereocenters. The number of H-pyrrole nitrogens is 1. The molecule has 0 aliphatic carbocycles. The van der Waals surface area contributed by atoms with Crippen molar-refractivity contribution in [3.05, 3.63) is 41.2 Å². The Labute approximate surface area is 221 Å². The smallest absolute Gasteiger partial charge is 0.163 e. The van der Waals surface area contributed by atoms with Gasteiger partial charge >= 0.3 is 0 Å². The Morgan fingerprint density at radius 2 is 2.00 bits per heavy atom. The van der Waals surface area contributed by atoms with Gasteiger partial charge in [-0.05, 0) is 63.2 Å². The van der Waals surface area contributed by atoms with Gasteiger partial charge in [0, 0.05) is 53.2 Å². The van der Waals surface area contributed by atoms with Crippen LogP contribution < -0.4 is 10.2 Å². The lowest BCUT2D eigenvalue weighted by Gasteiger charge is -2.38. The van der Waals surface area contributed by atoms with Crippen LogP contribution in [0.5, 0.6) is 0 Å². The van der Waals surface area contributed by atoms with E-state index in [1.807, 2.05) is 12.3 Å². The van der Waals surface area contributed by atoms with Gasteiger partial charge in [0.25, 0.3) is 0 Å². The SMILES string of the molecule is CCCC(CCNCc1cc2nc(-c3cc(F)cc4[nH]ccc34)nc(N3CCOCC3)c2s1)N1CCC1. The van der Waals surface area contributed by atoms with Crippen LogP contribution >= 0.6 is 11.3 Å². The lowest BCUT2D eigenvalue weighted by Crippen LogP contribution is -2.46. The molecule has 2 aliphatic heterocycles. The molecule has 6 rings (SSSR count). The van der Waals surface area contributed by atoms with Crippen LogP contribution in [0.15, 0.2) is 30.5 Å². The molecule has 1 atom stereocenters. The molecular formula is C28H35FN6OS. The van der Waals surface area contributed by atoms with Crippen molar-refractivity contribution < 1.29 is 9.13 Å². The van der Waals surface area contributed by atoms with Crippen molar-refractivity contribution >= 4 is 38.3 Å². The molecule has 0 bridgehead atoms. The molecule has 7 nitrogen and oxygen atoms in total. The van der Waals surface area contributed by atoms with Crippen LogP contribution in [0, 0.1) is 5.82 Å². The maximum Gasteiger partial charge on any atom is 0.163 e. The summed E-state index contributed by atoms with van der Waals surface area (Å²) in [5, 5.41) is 4.60. The Morgan fingerprint density at radius 1 is 1.14 bits per heavy atom. The van der Waals surface area contributed by atoms with Crippen LogP contribution in [0.4, 0.5) is 10.2 Å². The first kappa shape index (κ1) is 24.7. The number of nitrogens with one attached hydrogen (secondary N) is 2. The number of rotatable bonds is 10. The van der Waals surface area contributed by atoms with Gasteiger partial charge in [-0.3, -0.25) is 0 Å². The van der Waals surface area contributed by atoms with E-state index in [0.29, 0.717) is 30.6 Å². The number of aromatic amines is 1. The van der Waals surface area contributed by atoms with Gasteiger partial charge in [0.15, 0.2) is 11.6 Å². The summed E-state index contributed by atoms with van der Waals surface area (Å²) in [6, 6.07) is 7.89. The molecule has 9 heteroatoms. The summed E-state index contributed by atoms with van der Waals surface area (Å²) in [5.41, 5.74) is 2.39. The number of benzene rings is 1. The maximum absolute atomic E-state index is 14.5. The summed E-state index contributed by atoms with van der Waals surface area (Å²) in [6.07, 6.45) is 6.88. The van der Waals surface area contributed by atoms with E-state index >= 15 is 0 Å². The van der Waals surface area contributed by atoms with Gasteiger partial charge < -0.3 is 24.8 Å². The number of halogens is 1. The summed E-state index contributed by atoms with van der Waals surface area (Å²) in [5.74, 6) is 1.19. The Kier molecular flexibility index (Phi) is 7.37. The van der Waals surface area contributed by atoms with Gasteiger partial charge in [-0.1, -0.05) is 13.3 Å². The predicted molar refractivity (Wildman–Crippen MR) is 149 cm³/mol. The molecule has 196 valence electrons. The topological polar surface area (TPSA) is 69.3 Å². The van der Waals surface area contributed by atoms with Crippen molar-refractivity contribution in [1.29, 1.82) is 0 Å². The van der Waals surface area contributed by atoms with Crippen molar-refractivity contribution in [3.63, 3.8) is 0 Å². The summed E-state index contributed by atoms with van der Waals surface area (Å²) in [7, 11) is 0. The van der Waals surface area contributed by atoms with Crippen LogP contribution in [0.1, 0.15) is 37.5 Å². The van der Waals surface area contributed by atoms with E-state index < -0.39 is 0 Å². The van der Waals surface area contributed by atoms with E-state index in [1.165, 1.54) is 49.7 Å². The average molecular weight is 523 g/mol. The molecule has 0 spiro atoms. The summed E-state index contributed by atoms with van der Waals surface area (Å²) < 4.78 is 21.2. The standard InChI is InChI=1S/C28H35FN6OS/c1-2-4-20(34-9-3-10-34)5-7-30-18-21-17-25-26(37-21)28(35-11-13-36-14-12-35)33-27(32-25)23-15-19(29)16-24-22(23)6-8-31-24/h6,8,15-17,20,30-31H,2-5,7,9-14,18H2,1H3. The zero-order valence-electron chi connectivity index (χ0n) is 21.4. The second-order valence-electron chi connectivity index (χ2n) is 10.1. The Hall–Kier alpha value is -2.59. The highest BCUT2D eigenvalue weighted by molar-refractivity contribution is 7.19. The molecule has 0 amide bonds. The highest BCUT2D eigenvalue weighted by Crippen LogP contribution is 2.36. The van der Waals surface area contributed by atoms with Crippen LogP contribution in [0.3, 0.4) is 0 Å². The monoisotopic (exact) mass is 522 g/mol. The number of hydrogen-bond acceptors (Lipinski definition) is 7. The number of hydrogen-bond donors (Lipinski definition) is 2. The molecule has 2 aliphatic rings. The quantitative estimate of drug-likeness (QED) is 0.280. The highest BCUT2D eigenvalue weighted by Gasteiger charge is 2.23. The van der Waals surface area contributed by atoms with Gasteiger partial charge in [-0.15, -0.1) is 11.3 Å². The van der Waals surface area contributed by atoms with Crippen LogP contribution in [-0.2, 0) is 11.3 Å². The fourth-order valence-corrected chi connectivity index (χ4v) is 6.59. The van der Waals surface area contributed by atoms with E-state index in [4.69, 9.17) is 14.7 Å². The summed E-state index contributed by atoms with van der Waals surface area (Å²) in [6.45, 7) is 9.56. The van der Waals surface area contributed by atoms with Gasteiger partial charge in [0.2, 0.25) is 0 Å². The minimum absolute atomic E-state index is 0.295. The van der Waals surface area contributed by atoms with Crippen molar-refractivity contribution in [2.75, 3.05) is 50.8 Å². The number of likely N-dealkylation sites (tertiary alicyclic amines) is 1. The van der Waals surface area contributed by atoms with E-state index in [2.05, 4.69) is 33.1 Å². The Balaban J connectivity index is 1.27. The minimum atomic E-state index is -0.295. The maximum atomic E-state index is 14.5. The molecule has 0 saturated carbocycles. The zero-order chi connectivity index (χ0) is 25.2. The molecule has 0 radical (unpaired) electrons. The van der Waals surface area contributed by atoms with E-state index in [-0.39, 0.29) is 5.82 Å². The largest absolute Gasteiger partial charge is 0.378 e. The number of fused-ring (bicyclic) bond motifs is 2. The second kappa shape index (κ2) is 11.0. The van der Waals surface area contributed by atoms with E-state index in [1.54, 1.807) is 17.4 Å². The first-order valence-electron chi connectivity index (χ1n) is 13.5. The number of ether oxygens (including phenoxy) is 1. The Morgan fingerprint density at radius 3 is 2.78 bits per heavy atom. The molecule has 37 heavy (non-hydrogen) atoms. The third kappa shape index (κ3) is 5.23. The number of aromatic nitrogens is 3. The Bertz CT molecular complexity index is 1360. The van der Waals surface area contributed by atoms with Crippen molar-refractivity contribution in [2.45, 2.75) is 45.2 Å². The van der Waals surface area contributed by atoms with Crippen molar-refractivity contribution in [3.8, 4) is 11.4 Å². The van der Waals surface area contributed by atoms with Gasteiger partial charge in [-0.25, -0.2) is 14.4 Å². The average Bonchev–Trinajstić information content (AvgIpc) is 3.51. The first-order valence-corrected chi connectivity index (χ1v) is 14.4. The lowest BCUT2D eigenvalue weighted by molar-refractivity contribution is 0.104. The molecule has 2 N–H and O–H groups in total. The van der Waals surface area contributed by atoms with Gasteiger partial charge in [-0.2, -0.15) is 0 Å². The predicted octanol–water partition coefficient (Wildman–Crippen LogP) is 5.17. The molecule has 4 aromatic rings. The van der Waals surface area contributed by atoms with Gasteiger partial charge in [0.1, 0.15) is 5.82 Å². The molecule has 2 fully saturated rings. The number of nitrogens with zero attached hydrogens (tertiary/aromatic N) is 4. The zero-order valence-corrected chi connectivity index (χ0v) is 22.2. The van der Waals surface area contributed by atoms with Gasteiger partial charge in [0.05, 0.1) is 23.4 Å². The normalized spacial score (nSPS) is 17.5. The van der Waals surface area contributed by atoms with Crippen LogP contribution in [0.2, 0.25) is 0 Å². The number of morpholine rings is 1.